The van der Waals surface area contributed by atoms with E-state index in [4.69, 9.17) is 39.9 Å². The first kappa shape index (κ1) is 22.4. The predicted octanol–water partition coefficient (Wildman–Crippen LogP) is 6.11. The maximum absolute atomic E-state index is 13.3. The van der Waals surface area contributed by atoms with Crippen molar-refractivity contribution >= 4 is 52.1 Å². The Morgan fingerprint density at radius 2 is 1.65 bits per heavy atom. The summed E-state index contributed by atoms with van der Waals surface area (Å²) in [6.45, 7) is 5.77. The summed E-state index contributed by atoms with van der Waals surface area (Å²) >= 11 is 18.8. The molecule has 2 aromatic carbocycles. The fraction of sp³-hybridized carbons (Fsp3) is 0.391. The number of piperidine rings is 1. The number of amides is 1. The van der Waals surface area contributed by atoms with Gasteiger partial charge < -0.3 is 0 Å². The van der Waals surface area contributed by atoms with Crippen molar-refractivity contribution in [2.75, 3.05) is 18.1 Å². The van der Waals surface area contributed by atoms with Crippen LogP contribution in [-0.2, 0) is 4.79 Å². The first-order chi connectivity index (χ1) is 14.8. The molecule has 5 nitrogen and oxygen atoms in total. The van der Waals surface area contributed by atoms with Gasteiger partial charge in [-0.05, 0) is 48.7 Å². The van der Waals surface area contributed by atoms with E-state index in [1.165, 1.54) is 6.42 Å². The summed E-state index contributed by atoms with van der Waals surface area (Å²) in [6.07, 6.45) is 3.35. The van der Waals surface area contributed by atoms with Crippen molar-refractivity contribution in [2.45, 2.75) is 39.2 Å². The second-order valence-corrected chi connectivity index (χ2v) is 9.83. The van der Waals surface area contributed by atoms with Crippen LogP contribution in [0.1, 0.15) is 44.7 Å². The molecule has 1 unspecified atom stereocenters. The Morgan fingerprint density at radius 1 is 1.00 bits per heavy atom. The molecule has 0 bridgehead atoms. The van der Waals surface area contributed by atoms with Crippen LogP contribution in [0.4, 0.5) is 5.69 Å². The normalized spacial score (nSPS) is 21.1. The van der Waals surface area contributed by atoms with Crippen LogP contribution < -0.4 is 10.4 Å². The Kier molecular flexibility index (Phi) is 6.50. The van der Waals surface area contributed by atoms with E-state index in [0.717, 1.165) is 31.5 Å². The van der Waals surface area contributed by atoms with Crippen molar-refractivity contribution in [3.63, 3.8) is 0 Å². The third-order valence-corrected chi connectivity index (χ3v) is 6.71. The number of carbonyl (C=O) groups is 1. The maximum Gasteiger partial charge on any atom is 0.282 e. The van der Waals surface area contributed by atoms with Crippen molar-refractivity contribution in [1.82, 2.24) is 10.4 Å². The van der Waals surface area contributed by atoms with E-state index in [0.29, 0.717) is 26.5 Å². The molecule has 1 fully saturated rings. The molecule has 1 atom stereocenters. The molecule has 2 heterocycles. The number of benzene rings is 2. The smallest absolute Gasteiger partial charge is 0.282 e. The van der Waals surface area contributed by atoms with Crippen LogP contribution in [0.2, 0.25) is 15.1 Å². The number of nitrogens with zero attached hydrogens (tertiary/aromatic N) is 3. The molecule has 1 amide bonds. The van der Waals surface area contributed by atoms with Crippen LogP contribution in [-0.4, -0.2) is 29.7 Å². The summed E-state index contributed by atoms with van der Waals surface area (Å²) < 4.78 is 0. The van der Waals surface area contributed by atoms with Crippen molar-refractivity contribution in [2.24, 2.45) is 10.5 Å². The summed E-state index contributed by atoms with van der Waals surface area (Å²) in [7, 11) is 0. The van der Waals surface area contributed by atoms with Gasteiger partial charge in [-0.3, -0.25) is 15.2 Å². The molecular formula is C23H25Cl3N4O. The molecule has 31 heavy (non-hydrogen) atoms. The predicted molar refractivity (Wildman–Crippen MR) is 128 cm³/mol. The van der Waals surface area contributed by atoms with E-state index in [1.54, 1.807) is 12.1 Å². The zero-order valence-corrected chi connectivity index (χ0v) is 19.8. The lowest BCUT2D eigenvalue weighted by Crippen LogP contribution is -2.50. The van der Waals surface area contributed by atoms with Gasteiger partial charge >= 0.3 is 0 Å². The highest BCUT2D eigenvalue weighted by atomic mass is 35.5. The minimum atomic E-state index is -0.587. The van der Waals surface area contributed by atoms with Crippen LogP contribution in [0.15, 0.2) is 47.6 Å². The van der Waals surface area contributed by atoms with Gasteiger partial charge in [-0.1, -0.05) is 67.2 Å². The third kappa shape index (κ3) is 4.56. The highest BCUT2D eigenvalue weighted by Crippen LogP contribution is 2.48. The first-order valence-corrected chi connectivity index (χ1v) is 11.6. The third-order valence-electron chi connectivity index (χ3n) is 5.92. The Morgan fingerprint density at radius 3 is 2.29 bits per heavy atom. The van der Waals surface area contributed by atoms with Crippen LogP contribution in [0.25, 0.3) is 0 Å². The summed E-state index contributed by atoms with van der Waals surface area (Å²) in [5, 5.41) is 10.3. The number of nitrogens with one attached hydrogen (secondary N) is 1. The highest BCUT2D eigenvalue weighted by Gasteiger charge is 2.49. The Hall–Kier alpha value is -1.79. The number of hydrogen-bond acceptors (Lipinski definition) is 4. The second-order valence-electron chi connectivity index (χ2n) is 8.55. The molecule has 4 rings (SSSR count). The van der Waals surface area contributed by atoms with Gasteiger partial charge in [0.2, 0.25) is 0 Å². The Bertz CT molecular complexity index is 1000. The number of carbonyl (C=O) groups excluding carboxylic acids is 1. The average Bonchev–Trinajstić information content (AvgIpc) is 3.00. The van der Waals surface area contributed by atoms with Gasteiger partial charge in [-0.15, -0.1) is 0 Å². The van der Waals surface area contributed by atoms with Gasteiger partial charge in [-0.2, -0.15) is 5.10 Å². The van der Waals surface area contributed by atoms with Gasteiger partial charge in [0, 0.05) is 28.5 Å². The lowest BCUT2D eigenvalue weighted by atomic mass is 9.77. The molecule has 1 N–H and O–H groups in total. The van der Waals surface area contributed by atoms with Crippen LogP contribution in [0.5, 0.6) is 0 Å². The molecule has 0 saturated carbocycles. The van der Waals surface area contributed by atoms with E-state index in [2.05, 4.69) is 5.43 Å². The van der Waals surface area contributed by atoms with E-state index < -0.39 is 5.41 Å². The number of halogens is 3. The fourth-order valence-corrected chi connectivity index (χ4v) is 4.95. The summed E-state index contributed by atoms with van der Waals surface area (Å²) in [6, 6.07) is 12.7. The average molecular weight is 480 g/mol. The van der Waals surface area contributed by atoms with Crippen molar-refractivity contribution in [1.29, 1.82) is 0 Å². The molecule has 2 aliphatic heterocycles. The number of anilines is 1. The molecule has 0 aliphatic carbocycles. The molecule has 8 heteroatoms. The van der Waals surface area contributed by atoms with Crippen molar-refractivity contribution in [3.05, 3.63) is 63.1 Å². The Balaban J connectivity index is 1.74. The monoisotopic (exact) mass is 478 g/mol. The van der Waals surface area contributed by atoms with Crippen molar-refractivity contribution in [3.8, 4) is 0 Å². The molecule has 0 spiro atoms. The number of hydrazone groups is 1. The summed E-state index contributed by atoms with van der Waals surface area (Å²) in [5.41, 5.74) is 4.62. The largest absolute Gasteiger partial charge is 0.284 e. The first-order valence-electron chi connectivity index (χ1n) is 10.4. The van der Waals surface area contributed by atoms with E-state index >= 15 is 0 Å². The number of hydrogen-bond donors (Lipinski definition) is 1. The van der Waals surface area contributed by atoms with Crippen LogP contribution in [0, 0.1) is 5.41 Å². The SMILES string of the molecule is CC1(C)C(C(=O)NN2CCCCC2)=NN(c2ccc(Cl)cc2Cl)C1c1ccc(Cl)cc1. The van der Waals surface area contributed by atoms with Crippen LogP contribution in [0.3, 0.4) is 0 Å². The minimum absolute atomic E-state index is 0.182. The molecule has 0 aromatic heterocycles. The fourth-order valence-electron chi connectivity index (χ4n) is 4.33. The van der Waals surface area contributed by atoms with Gasteiger partial charge in [0.1, 0.15) is 5.71 Å². The van der Waals surface area contributed by atoms with Gasteiger partial charge in [0.05, 0.1) is 16.8 Å². The molecule has 164 valence electrons. The molecule has 2 aliphatic rings. The second kappa shape index (κ2) is 8.99. The zero-order valence-electron chi connectivity index (χ0n) is 17.5. The molecular weight excluding hydrogens is 455 g/mol. The Labute approximate surface area is 197 Å². The van der Waals surface area contributed by atoms with E-state index in [-0.39, 0.29) is 11.9 Å². The van der Waals surface area contributed by atoms with Gasteiger partial charge in [0.25, 0.3) is 5.91 Å². The van der Waals surface area contributed by atoms with Gasteiger partial charge in [0.15, 0.2) is 0 Å². The lowest BCUT2D eigenvalue weighted by Gasteiger charge is -2.34. The maximum atomic E-state index is 13.3. The highest BCUT2D eigenvalue weighted by molar-refractivity contribution is 6.42. The summed E-state index contributed by atoms with van der Waals surface area (Å²) in [5.74, 6) is -0.182. The standard InChI is InChI=1S/C23H25Cl3N4O/c1-23(2)20(22(31)28-29-12-4-3-5-13-29)27-30(19-11-10-17(25)14-18(19)26)21(23)15-6-8-16(24)9-7-15/h6-11,14,21H,3-5,12-13H2,1-2H3,(H,28,31). The number of rotatable bonds is 4. The van der Waals surface area contributed by atoms with Crippen LogP contribution >= 0.6 is 34.8 Å². The minimum Gasteiger partial charge on any atom is -0.284 e. The van der Waals surface area contributed by atoms with E-state index in [1.807, 2.05) is 54.2 Å². The molecule has 1 saturated heterocycles. The summed E-state index contributed by atoms with van der Waals surface area (Å²) in [4.78, 5) is 13.3. The topological polar surface area (TPSA) is 47.9 Å². The lowest BCUT2D eigenvalue weighted by molar-refractivity contribution is -0.120. The van der Waals surface area contributed by atoms with Gasteiger partial charge in [-0.25, -0.2) is 5.01 Å². The quantitative estimate of drug-likeness (QED) is 0.576. The van der Waals surface area contributed by atoms with Crippen molar-refractivity contribution < 1.29 is 4.79 Å². The molecule has 0 radical (unpaired) electrons. The number of hydrazine groups is 1. The molecule has 2 aromatic rings. The van der Waals surface area contributed by atoms with E-state index in [9.17, 15) is 4.79 Å². The zero-order chi connectivity index (χ0) is 22.2.